The number of carbonyl (C=O) groups excluding carboxylic acids is 2. The van der Waals surface area contributed by atoms with E-state index in [1.807, 2.05) is 32.7 Å². The predicted octanol–water partition coefficient (Wildman–Crippen LogP) is 2.65. The lowest BCUT2D eigenvalue weighted by Gasteiger charge is -2.42. The molecule has 1 aromatic heterocycles. The number of halogens is 2. The smallest absolute Gasteiger partial charge is 0.248 e. The molecule has 4 rings (SSSR count). The van der Waals surface area contributed by atoms with Crippen molar-refractivity contribution in [2.24, 2.45) is 11.8 Å². The Morgan fingerprint density at radius 2 is 1.87 bits per heavy atom. The Morgan fingerprint density at radius 3 is 2.48 bits per heavy atom. The summed E-state index contributed by atoms with van der Waals surface area (Å²) in [4.78, 5) is 37.7. The van der Waals surface area contributed by atoms with Crippen molar-refractivity contribution in [2.75, 3.05) is 35.7 Å². The quantitative estimate of drug-likeness (QED) is 0.754. The van der Waals surface area contributed by atoms with Gasteiger partial charge >= 0.3 is 0 Å². The van der Waals surface area contributed by atoms with Gasteiger partial charge in [0, 0.05) is 38.9 Å². The van der Waals surface area contributed by atoms with Gasteiger partial charge in [-0.25, -0.2) is 13.8 Å². The normalized spacial score (nSPS) is 24.0. The molecule has 0 spiro atoms. The Bertz CT molecular complexity index is 877. The summed E-state index contributed by atoms with van der Waals surface area (Å²) in [6.45, 7) is 6.82. The van der Waals surface area contributed by atoms with Gasteiger partial charge in [0.2, 0.25) is 23.7 Å². The first-order chi connectivity index (χ1) is 14.6. The number of amides is 2. The number of nitrogens with one attached hydrogen (secondary N) is 2. The van der Waals surface area contributed by atoms with Crippen LogP contribution in [0.4, 0.5) is 26.2 Å². The maximum Gasteiger partial charge on any atom is 0.248 e. The van der Waals surface area contributed by atoms with Gasteiger partial charge in [-0.2, -0.15) is 4.98 Å². The molecule has 2 fully saturated rings. The highest BCUT2D eigenvalue weighted by Crippen LogP contribution is 2.38. The van der Waals surface area contributed by atoms with Crippen LogP contribution in [0.15, 0.2) is 0 Å². The van der Waals surface area contributed by atoms with E-state index in [1.165, 1.54) is 0 Å². The molecule has 2 amide bonds. The van der Waals surface area contributed by atoms with Gasteiger partial charge in [-0.15, -0.1) is 0 Å². The van der Waals surface area contributed by atoms with Gasteiger partial charge < -0.3 is 20.4 Å². The van der Waals surface area contributed by atoms with Crippen molar-refractivity contribution in [3.05, 3.63) is 5.69 Å². The van der Waals surface area contributed by atoms with Crippen molar-refractivity contribution >= 4 is 29.3 Å². The fraction of sp³-hybridized carbons (Fsp3) is 0.714. The molecule has 170 valence electrons. The largest absolute Gasteiger partial charge is 0.348 e. The summed E-state index contributed by atoms with van der Waals surface area (Å²) in [5.41, 5.74) is 1.29. The van der Waals surface area contributed by atoms with E-state index in [2.05, 4.69) is 20.6 Å². The fourth-order valence-electron chi connectivity index (χ4n) is 4.76. The summed E-state index contributed by atoms with van der Waals surface area (Å²) in [6.07, 6.45) is 0.0937. The van der Waals surface area contributed by atoms with Gasteiger partial charge in [0.25, 0.3) is 0 Å². The van der Waals surface area contributed by atoms with Crippen LogP contribution < -0.4 is 15.5 Å². The van der Waals surface area contributed by atoms with Crippen molar-refractivity contribution in [3.8, 4) is 0 Å². The van der Waals surface area contributed by atoms with Crippen molar-refractivity contribution < 1.29 is 18.4 Å². The Balaban J connectivity index is 1.38. The molecule has 1 saturated carbocycles. The summed E-state index contributed by atoms with van der Waals surface area (Å²) in [5, 5.41) is 6.19. The molecule has 8 nitrogen and oxygen atoms in total. The second-order valence-electron chi connectivity index (χ2n) is 9.33. The lowest BCUT2D eigenvalue weighted by atomic mass is 9.85. The van der Waals surface area contributed by atoms with E-state index in [0.29, 0.717) is 36.2 Å². The van der Waals surface area contributed by atoms with Crippen LogP contribution in [0.2, 0.25) is 0 Å². The van der Waals surface area contributed by atoms with Gasteiger partial charge in [0.15, 0.2) is 5.82 Å². The zero-order valence-corrected chi connectivity index (χ0v) is 18.4. The molecule has 1 saturated heterocycles. The molecule has 0 unspecified atom stereocenters. The number of aromatic nitrogens is 2. The Morgan fingerprint density at radius 1 is 1.23 bits per heavy atom. The zero-order chi connectivity index (χ0) is 22.5. The van der Waals surface area contributed by atoms with Crippen LogP contribution in [0, 0.1) is 18.8 Å². The maximum absolute atomic E-state index is 13.3. The van der Waals surface area contributed by atoms with Gasteiger partial charge in [-0.3, -0.25) is 9.59 Å². The van der Waals surface area contributed by atoms with Crippen LogP contribution in [0.1, 0.15) is 45.2 Å². The van der Waals surface area contributed by atoms with E-state index < -0.39 is 5.92 Å². The van der Waals surface area contributed by atoms with E-state index in [9.17, 15) is 18.4 Å². The molecule has 0 radical (unpaired) electrons. The van der Waals surface area contributed by atoms with Crippen LogP contribution in [0.5, 0.6) is 0 Å². The second-order valence-corrected chi connectivity index (χ2v) is 9.33. The third kappa shape index (κ3) is 4.16. The maximum atomic E-state index is 13.3. The first-order valence-electron chi connectivity index (χ1n) is 10.9. The molecule has 0 aromatic carbocycles. The minimum atomic E-state index is -2.63. The van der Waals surface area contributed by atoms with Crippen molar-refractivity contribution in [2.45, 2.75) is 64.5 Å². The van der Waals surface area contributed by atoms with Crippen molar-refractivity contribution in [3.63, 3.8) is 0 Å². The molecule has 2 N–H and O–H groups in total. The highest BCUT2D eigenvalue weighted by atomic mass is 19.3. The summed E-state index contributed by atoms with van der Waals surface area (Å²) >= 11 is 0. The SMILES string of the molecule is Cc1nc(NC2CN(C(=O)C3CCC(F)(F)CC3)C2)nc2c1NC(=O)[C@H](C(C)C)N2C. The summed E-state index contributed by atoms with van der Waals surface area (Å²) in [5.74, 6) is -1.77. The van der Waals surface area contributed by atoms with E-state index >= 15 is 0 Å². The molecular weight excluding hydrogens is 406 g/mol. The molecule has 2 aliphatic heterocycles. The number of aryl methyl sites for hydroxylation is 1. The second kappa shape index (κ2) is 7.87. The minimum absolute atomic E-state index is 0.0100. The topological polar surface area (TPSA) is 90.5 Å². The van der Waals surface area contributed by atoms with Gasteiger partial charge in [-0.1, -0.05) is 13.8 Å². The average Bonchev–Trinajstić information content (AvgIpc) is 2.64. The van der Waals surface area contributed by atoms with E-state index in [1.54, 1.807) is 4.90 Å². The van der Waals surface area contributed by atoms with Crippen LogP contribution in [0.3, 0.4) is 0 Å². The lowest BCUT2D eigenvalue weighted by Crippen LogP contribution is -2.59. The van der Waals surface area contributed by atoms with E-state index in [4.69, 9.17) is 0 Å². The van der Waals surface area contributed by atoms with Gasteiger partial charge in [-0.05, 0) is 25.7 Å². The van der Waals surface area contributed by atoms with Crippen LogP contribution in [-0.4, -0.2) is 64.8 Å². The molecule has 3 heterocycles. The highest BCUT2D eigenvalue weighted by Gasteiger charge is 2.41. The molecule has 1 atom stereocenters. The Labute approximate surface area is 180 Å². The third-order valence-electron chi connectivity index (χ3n) is 6.56. The molecular formula is C21H30F2N6O2. The van der Waals surface area contributed by atoms with E-state index in [0.717, 1.165) is 0 Å². The molecule has 3 aliphatic rings. The molecule has 1 aromatic rings. The van der Waals surface area contributed by atoms with Crippen LogP contribution >= 0.6 is 0 Å². The van der Waals surface area contributed by atoms with Crippen LogP contribution in [0.25, 0.3) is 0 Å². The number of fused-ring (bicyclic) bond motifs is 1. The van der Waals surface area contributed by atoms with Crippen molar-refractivity contribution in [1.82, 2.24) is 14.9 Å². The van der Waals surface area contributed by atoms with Gasteiger partial charge in [0.05, 0.1) is 11.7 Å². The third-order valence-corrected chi connectivity index (χ3v) is 6.56. The number of alkyl halides is 2. The molecule has 1 aliphatic carbocycles. The number of carbonyl (C=O) groups is 2. The monoisotopic (exact) mass is 436 g/mol. The molecule has 0 bridgehead atoms. The Hall–Kier alpha value is -2.52. The number of hydrogen-bond donors (Lipinski definition) is 2. The Kier molecular flexibility index (Phi) is 5.51. The number of nitrogens with zero attached hydrogens (tertiary/aromatic N) is 4. The number of likely N-dealkylation sites (N-methyl/N-ethyl adjacent to an activating group) is 1. The lowest BCUT2D eigenvalue weighted by molar-refractivity contribution is -0.143. The highest BCUT2D eigenvalue weighted by molar-refractivity contribution is 6.03. The molecule has 10 heteroatoms. The fourth-order valence-corrected chi connectivity index (χ4v) is 4.76. The average molecular weight is 437 g/mol. The zero-order valence-electron chi connectivity index (χ0n) is 18.4. The van der Waals surface area contributed by atoms with Crippen LogP contribution in [-0.2, 0) is 9.59 Å². The number of rotatable bonds is 4. The first kappa shape index (κ1) is 21.7. The predicted molar refractivity (Wildman–Crippen MR) is 113 cm³/mol. The number of hydrogen-bond acceptors (Lipinski definition) is 6. The van der Waals surface area contributed by atoms with Gasteiger partial charge in [0.1, 0.15) is 11.7 Å². The number of anilines is 3. The number of likely N-dealkylation sites (tertiary alicyclic amines) is 1. The minimum Gasteiger partial charge on any atom is -0.348 e. The van der Waals surface area contributed by atoms with Crippen molar-refractivity contribution in [1.29, 1.82) is 0 Å². The summed E-state index contributed by atoms with van der Waals surface area (Å²) in [7, 11) is 1.86. The first-order valence-corrected chi connectivity index (χ1v) is 10.9. The molecule has 31 heavy (non-hydrogen) atoms. The summed E-state index contributed by atoms with van der Waals surface area (Å²) in [6, 6.07) is -0.301. The van der Waals surface area contributed by atoms with E-state index in [-0.39, 0.29) is 61.4 Å². The summed E-state index contributed by atoms with van der Waals surface area (Å²) < 4.78 is 26.7. The standard InChI is InChI=1S/C21H30F2N6O2/c1-11(2)16-18(30)26-15-12(3)24-20(27-17(15)28(16)4)25-14-9-29(10-14)19(31)13-5-7-21(22,23)8-6-13/h11,13-14,16H,5-10H2,1-4H3,(H,26,30)(H,24,25,27)/t16-/m0/s1.